The van der Waals surface area contributed by atoms with Crippen LogP contribution < -0.4 is 5.32 Å². The number of esters is 1. The van der Waals surface area contributed by atoms with Crippen LogP contribution in [0, 0.1) is 0 Å². The Morgan fingerprint density at radius 1 is 1.21 bits per heavy atom. The fourth-order valence-electron chi connectivity index (χ4n) is 2.46. The molecule has 4 aromatic rings. The molecule has 0 fully saturated rings. The fourth-order valence-corrected chi connectivity index (χ4v) is 3.12. The van der Waals surface area contributed by atoms with Gasteiger partial charge in [0, 0.05) is 0 Å². The van der Waals surface area contributed by atoms with E-state index in [-0.39, 0.29) is 24.6 Å². The molecule has 0 aliphatic carbocycles. The molecule has 3 heterocycles. The van der Waals surface area contributed by atoms with Gasteiger partial charge in [0.25, 0.3) is 0 Å². The number of ether oxygens (including phenoxy) is 1. The van der Waals surface area contributed by atoms with E-state index in [4.69, 9.17) is 9.15 Å². The van der Waals surface area contributed by atoms with Crippen LogP contribution >= 0.6 is 11.3 Å². The largest absolute Gasteiger partial charge is 0.455 e. The summed E-state index contributed by atoms with van der Waals surface area (Å²) in [6.07, 6.45) is 2.77. The maximum absolute atomic E-state index is 12.5. The van der Waals surface area contributed by atoms with Gasteiger partial charge in [-0.3, -0.25) is 4.79 Å². The predicted molar refractivity (Wildman–Crippen MR) is 102 cm³/mol. The quantitative estimate of drug-likeness (QED) is 0.460. The van der Waals surface area contributed by atoms with Crippen LogP contribution in [0.5, 0.6) is 0 Å². The summed E-state index contributed by atoms with van der Waals surface area (Å²) < 4.78 is 12.0. The molecule has 0 spiro atoms. The minimum absolute atomic E-state index is 0.0549. The lowest BCUT2D eigenvalue weighted by Crippen LogP contribution is -2.21. The summed E-state index contributed by atoms with van der Waals surface area (Å²) in [7, 11) is 0. The highest BCUT2D eigenvalue weighted by atomic mass is 32.1. The van der Waals surface area contributed by atoms with Gasteiger partial charge in [0.2, 0.25) is 11.8 Å². The molecule has 1 aromatic carbocycles. The smallest absolute Gasteiger partial charge is 0.340 e. The third-order valence-corrected chi connectivity index (χ3v) is 4.61. The summed E-state index contributed by atoms with van der Waals surface area (Å²) in [5.41, 5.74) is 1.04. The molecule has 1 N–H and O–H groups in total. The molecule has 146 valence electrons. The van der Waals surface area contributed by atoms with Gasteiger partial charge in [-0.2, -0.15) is 0 Å². The van der Waals surface area contributed by atoms with Gasteiger partial charge in [-0.05, 0) is 34.0 Å². The Bertz CT molecular complexity index is 1110. The maximum Gasteiger partial charge on any atom is 0.340 e. The second-order valence-electron chi connectivity index (χ2n) is 5.80. The van der Waals surface area contributed by atoms with Crippen LogP contribution in [0.4, 0.5) is 5.69 Å². The molecule has 11 heteroatoms. The first kappa shape index (κ1) is 18.5. The van der Waals surface area contributed by atoms with E-state index in [1.165, 1.54) is 28.6 Å². The van der Waals surface area contributed by atoms with Crippen molar-refractivity contribution in [2.45, 2.75) is 13.2 Å². The third-order valence-electron chi connectivity index (χ3n) is 3.75. The van der Waals surface area contributed by atoms with E-state index >= 15 is 0 Å². The summed E-state index contributed by atoms with van der Waals surface area (Å²) in [5, 5.41) is 15.1. The summed E-state index contributed by atoms with van der Waals surface area (Å²) >= 11 is 1.50. The van der Waals surface area contributed by atoms with Crippen LogP contribution in [0.25, 0.3) is 10.8 Å². The average molecular weight is 410 g/mol. The molecular formula is C18H14N6O4S. The molecule has 0 atom stereocenters. The molecule has 0 unspecified atom stereocenters. The normalized spacial score (nSPS) is 10.6. The van der Waals surface area contributed by atoms with E-state index in [1.54, 1.807) is 24.3 Å². The highest BCUT2D eigenvalue weighted by Gasteiger charge is 2.16. The van der Waals surface area contributed by atoms with Crippen molar-refractivity contribution in [2.24, 2.45) is 0 Å². The van der Waals surface area contributed by atoms with E-state index in [1.807, 2.05) is 17.5 Å². The minimum Gasteiger partial charge on any atom is -0.455 e. The number of oxazole rings is 1. The Hall–Kier alpha value is -3.86. The van der Waals surface area contributed by atoms with Crippen molar-refractivity contribution in [3.8, 4) is 10.8 Å². The number of amides is 1. The van der Waals surface area contributed by atoms with Gasteiger partial charge in [-0.1, -0.05) is 18.2 Å². The van der Waals surface area contributed by atoms with Crippen molar-refractivity contribution >= 4 is 28.9 Å². The first-order chi connectivity index (χ1) is 14.2. The zero-order valence-electron chi connectivity index (χ0n) is 14.9. The molecule has 3 aromatic heterocycles. The number of aromatic nitrogens is 5. The molecule has 4 rings (SSSR count). The number of tetrazole rings is 1. The molecule has 0 aliphatic heterocycles. The number of anilines is 1. The van der Waals surface area contributed by atoms with Crippen molar-refractivity contribution in [2.75, 3.05) is 5.32 Å². The first-order valence-electron chi connectivity index (χ1n) is 8.44. The van der Waals surface area contributed by atoms with Crippen molar-refractivity contribution < 1.29 is 18.7 Å². The highest BCUT2D eigenvalue weighted by Crippen LogP contribution is 2.24. The lowest BCUT2D eigenvalue weighted by Gasteiger charge is -2.10. The zero-order chi connectivity index (χ0) is 20.1. The van der Waals surface area contributed by atoms with E-state index in [0.29, 0.717) is 17.3 Å². The van der Waals surface area contributed by atoms with Gasteiger partial charge in [0.15, 0.2) is 0 Å². The lowest BCUT2D eigenvalue weighted by molar-refractivity contribution is -0.116. The number of nitrogens with zero attached hydrogens (tertiary/aromatic N) is 5. The summed E-state index contributed by atoms with van der Waals surface area (Å²) in [6, 6.07) is 10.3. The topological polar surface area (TPSA) is 125 Å². The van der Waals surface area contributed by atoms with Gasteiger partial charge in [0.1, 0.15) is 31.4 Å². The van der Waals surface area contributed by atoms with E-state index in [9.17, 15) is 9.59 Å². The number of hydrogen-bond donors (Lipinski definition) is 1. The number of rotatable bonds is 7. The number of nitrogens with one attached hydrogen (secondary N) is 1. The molecule has 0 bridgehead atoms. The van der Waals surface area contributed by atoms with Crippen LogP contribution in [0.1, 0.15) is 16.1 Å². The molecule has 1 amide bonds. The Morgan fingerprint density at radius 3 is 2.90 bits per heavy atom. The monoisotopic (exact) mass is 410 g/mol. The fraction of sp³-hybridized carbons (Fsp3) is 0.111. The molecule has 0 saturated carbocycles. The summed E-state index contributed by atoms with van der Waals surface area (Å²) in [6.45, 7) is -0.137. The minimum atomic E-state index is -0.594. The molecule has 29 heavy (non-hydrogen) atoms. The molecular weight excluding hydrogens is 396 g/mol. The molecule has 10 nitrogen and oxygen atoms in total. The lowest BCUT2D eigenvalue weighted by atomic mass is 10.2. The van der Waals surface area contributed by atoms with E-state index in [0.717, 1.165) is 4.88 Å². The number of benzene rings is 1. The van der Waals surface area contributed by atoms with Crippen LogP contribution in [-0.2, 0) is 22.7 Å². The van der Waals surface area contributed by atoms with Gasteiger partial charge < -0.3 is 14.5 Å². The van der Waals surface area contributed by atoms with Crippen LogP contribution in [-0.4, -0.2) is 37.1 Å². The van der Waals surface area contributed by atoms with Crippen LogP contribution in [0.3, 0.4) is 0 Å². The Labute approximate surface area is 168 Å². The highest BCUT2D eigenvalue weighted by molar-refractivity contribution is 7.13. The Balaban J connectivity index is 1.39. The Kier molecular flexibility index (Phi) is 5.38. The van der Waals surface area contributed by atoms with E-state index in [2.05, 4.69) is 25.8 Å². The van der Waals surface area contributed by atoms with E-state index < -0.39 is 5.97 Å². The van der Waals surface area contributed by atoms with Crippen molar-refractivity contribution in [1.29, 1.82) is 0 Å². The summed E-state index contributed by atoms with van der Waals surface area (Å²) in [4.78, 5) is 29.8. The van der Waals surface area contributed by atoms with Gasteiger partial charge in [-0.15, -0.1) is 16.4 Å². The maximum atomic E-state index is 12.5. The van der Waals surface area contributed by atoms with Crippen molar-refractivity contribution in [3.63, 3.8) is 0 Å². The average Bonchev–Trinajstić information content (AvgIpc) is 3.48. The number of para-hydroxylation sites is 1. The van der Waals surface area contributed by atoms with Gasteiger partial charge in [0.05, 0.1) is 16.1 Å². The second-order valence-corrected chi connectivity index (χ2v) is 6.75. The summed E-state index contributed by atoms with van der Waals surface area (Å²) in [5.74, 6) is -0.500. The first-order valence-corrected chi connectivity index (χ1v) is 9.32. The van der Waals surface area contributed by atoms with Crippen LogP contribution in [0.2, 0.25) is 0 Å². The number of thiophene rings is 1. The predicted octanol–water partition coefficient (Wildman–Crippen LogP) is 2.39. The number of carbonyl (C=O) groups is 2. The third kappa shape index (κ3) is 4.52. The molecule has 0 aliphatic rings. The Morgan fingerprint density at radius 2 is 2.10 bits per heavy atom. The number of hydrogen-bond acceptors (Lipinski definition) is 9. The van der Waals surface area contributed by atoms with Crippen molar-refractivity contribution in [1.82, 2.24) is 25.2 Å². The van der Waals surface area contributed by atoms with Gasteiger partial charge in [-0.25, -0.2) is 14.5 Å². The SMILES string of the molecule is O=C(Cn1cnnn1)Nc1ccccc1C(=O)OCc1coc(-c2cccs2)n1. The second kappa shape index (κ2) is 8.44. The van der Waals surface area contributed by atoms with Gasteiger partial charge >= 0.3 is 5.97 Å². The van der Waals surface area contributed by atoms with Crippen LogP contribution in [0.15, 0.2) is 58.8 Å². The zero-order valence-corrected chi connectivity index (χ0v) is 15.7. The molecule has 0 saturated heterocycles. The number of carbonyl (C=O) groups excluding carboxylic acids is 2. The van der Waals surface area contributed by atoms with Crippen molar-refractivity contribution in [3.05, 3.63) is 65.6 Å². The standard InChI is InChI=1S/C18H14N6O4S/c25-16(8-24-11-19-22-23-24)21-14-5-2-1-4-13(14)18(26)28-10-12-9-27-17(20-12)15-6-3-7-29-15/h1-7,9,11H,8,10H2,(H,21,25). The molecule has 0 radical (unpaired) electrons.